The quantitative estimate of drug-likeness (QED) is 0.831. The molecule has 0 aromatic heterocycles. The molecule has 104 valence electrons. The van der Waals surface area contributed by atoms with E-state index in [-0.39, 0.29) is 18.0 Å². The maximum atomic E-state index is 13.3. The third-order valence-electron chi connectivity index (χ3n) is 3.42. The van der Waals surface area contributed by atoms with Crippen LogP contribution in [0.2, 0.25) is 10.0 Å². The molecule has 1 aliphatic heterocycles. The fourth-order valence-electron chi connectivity index (χ4n) is 2.43. The van der Waals surface area contributed by atoms with Gasteiger partial charge in [0.25, 0.3) is 0 Å². The number of rotatable bonds is 1. The van der Waals surface area contributed by atoms with Gasteiger partial charge in [-0.3, -0.25) is 0 Å². The predicted molar refractivity (Wildman–Crippen MR) is 77.8 cm³/mol. The van der Waals surface area contributed by atoms with Crippen LogP contribution in [0, 0.1) is 5.82 Å². The Labute approximate surface area is 126 Å². The molecule has 1 heterocycles. The van der Waals surface area contributed by atoms with Gasteiger partial charge >= 0.3 is 0 Å². The van der Waals surface area contributed by atoms with Gasteiger partial charge in [-0.05, 0) is 18.2 Å². The van der Waals surface area contributed by atoms with E-state index < -0.39 is 0 Å². The lowest BCUT2D eigenvalue weighted by atomic mass is 9.93. The lowest BCUT2D eigenvalue weighted by Gasteiger charge is -2.31. The van der Waals surface area contributed by atoms with Crippen LogP contribution >= 0.6 is 23.2 Å². The monoisotopic (exact) mass is 311 g/mol. The van der Waals surface area contributed by atoms with Crippen LogP contribution in [0.1, 0.15) is 29.7 Å². The van der Waals surface area contributed by atoms with Crippen molar-refractivity contribution in [3.05, 3.63) is 63.4 Å². The number of hydrogen-bond acceptors (Lipinski definition) is 2. The molecule has 5 heteroatoms. The molecule has 0 fully saturated rings. The van der Waals surface area contributed by atoms with Crippen molar-refractivity contribution in [3.63, 3.8) is 0 Å². The Bertz CT molecular complexity index is 662. The van der Waals surface area contributed by atoms with Gasteiger partial charge in [0, 0.05) is 39.7 Å². The van der Waals surface area contributed by atoms with Gasteiger partial charge in [0.15, 0.2) is 0 Å². The first-order valence-corrected chi connectivity index (χ1v) is 6.97. The standard InChI is InChI=1S/C15H12Cl2FNO/c16-8-1-3-10(12(17)5-8)15-7-13(19)11-4-2-9(18)6-14(11)20-15/h1-6,13,15H,7,19H2/t13-,15?/m1/s1. The molecule has 2 aromatic carbocycles. The van der Waals surface area contributed by atoms with E-state index in [4.69, 9.17) is 33.7 Å². The normalized spacial score (nSPS) is 21.2. The van der Waals surface area contributed by atoms with Gasteiger partial charge in [0.1, 0.15) is 17.7 Å². The van der Waals surface area contributed by atoms with Gasteiger partial charge < -0.3 is 10.5 Å². The average Bonchev–Trinajstić information content (AvgIpc) is 2.37. The number of halogens is 3. The summed E-state index contributed by atoms with van der Waals surface area (Å²) in [5.74, 6) is 0.124. The van der Waals surface area contributed by atoms with Crippen molar-refractivity contribution in [2.45, 2.75) is 18.6 Å². The molecule has 1 aliphatic rings. The van der Waals surface area contributed by atoms with Gasteiger partial charge in [0.05, 0.1) is 0 Å². The van der Waals surface area contributed by atoms with Crippen molar-refractivity contribution in [2.75, 3.05) is 0 Å². The second kappa shape index (κ2) is 5.24. The van der Waals surface area contributed by atoms with Gasteiger partial charge in [-0.2, -0.15) is 0 Å². The number of nitrogens with two attached hydrogens (primary N) is 1. The zero-order chi connectivity index (χ0) is 14.3. The summed E-state index contributed by atoms with van der Waals surface area (Å²) in [6.07, 6.45) is 0.282. The molecule has 1 unspecified atom stereocenters. The van der Waals surface area contributed by atoms with E-state index >= 15 is 0 Å². The fraction of sp³-hybridized carbons (Fsp3) is 0.200. The van der Waals surface area contributed by atoms with Crippen LogP contribution in [0.4, 0.5) is 4.39 Å². The molecular weight excluding hydrogens is 300 g/mol. The minimum Gasteiger partial charge on any atom is -0.485 e. The summed E-state index contributed by atoms with van der Waals surface area (Å²) in [6, 6.07) is 9.41. The van der Waals surface area contributed by atoms with Crippen LogP contribution in [0.3, 0.4) is 0 Å². The lowest BCUT2D eigenvalue weighted by Crippen LogP contribution is -2.24. The predicted octanol–water partition coefficient (Wildman–Crippen LogP) is 4.66. The van der Waals surface area contributed by atoms with Gasteiger partial charge in [0.2, 0.25) is 0 Å². The van der Waals surface area contributed by atoms with Crippen LogP contribution in [0.5, 0.6) is 5.75 Å². The first kappa shape index (κ1) is 13.7. The van der Waals surface area contributed by atoms with Crippen molar-refractivity contribution in [1.82, 2.24) is 0 Å². The Morgan fingerprint density at radius 3 is 2.60 bits per heavy atom. The van der Waals surface area contributed by atoms with E-state index in [1.807, 2.05) is 6.07 Å². The summed E-state index contributed by atoms with van der Waals surface area (Å²) < 4.78 is 19.2. The Morgan fingerprint density at radius 2 is 1.85 bits per heavy atom. The van der Waals surface area contributed by atoms with Crippen molar-refractivity contribution in [2.24, 2.45) is 5.73 Å². The molecule has 0 amide bonds. The van der Waals surface area contributed by atoms with E-state index in [9.17, 15) is 4.39 Å². The third kappa shape index (κ3) is 2.49. The van der Waals surface area contributed by atoms with Crippen LogP contribution < -0.4 is 10.5 Å². The molecule has 0 radical (unpaired) electrons. The average molecular weight is 312 g/mol. The van der Waals surface area contributed by atoms with E-state index in [1.165, 1.54) is 12.1 Å². The minimum atomic E-state index is -0.348. The fourth-order valence-corrected chi connectivity index (χ4v) is 2.96. The zero-order valence-electron chi connectivity index (χ0n) is 10.4. The number of hydrogen-bond donors (Lipinski definition) is 1. The third-order valence-corrected chi connectivity index (χ3v) is 3.98. The second-order valence-corrected chi connectivity index (χ2v) is 5.64. The number of benzene rings is 2. The highest BCUT2D eigenvalue weighted by molar-refractivity contribution is 6.35. The zero-order valence-corrected chi connectivity index (χ0v) is 12.0. The first-order valence-electron chi connectivity index (χ1n) is 6.21. The van der Waals surface area contributed by atoms with Crippen LogP contribution in [0.15, 0.2) is 36.4 Å². The Balaban J connectivity index is 1.98. The molecule has 2 atom stereocenters. The Hall–Kier alpha value is -1.29. The summed E-state index contributed by atoms with van der Waals surface area (Å²) in [7, 11) is 0. The van der Waals surface area contributed by atoms with Crippen LogP contribution in [-0.4, -0.2) is 0 Å². The molecule has 0 spiro atoms. The first-order chi connectivity index (χ1) is 9.54. The Morgan fingerprint density at radius 1 is 1.10 bits per heavy atom. The summed E-state index contributed by atoms with van der Waals surface area (Å²) in [5.41, 5.74) is 7.75. The highest BCUT2D eigenvalue weighted by Gasteiger charge is 2.28. The molecule has 3 rings (SSSR count). The maximum absolute atomic E-state index is 13.3. The molecule has 0 bridgehead atoms. The van der Waals surface area contributed by atoms with Crippen LogP contribution in [-0.2, 0) is 0 Å². The lowest BCUT2D eigenvalue weighted by molar-refractivity contribution is 0.161. The summed E-state index contributed by atoms with van der Waals surface area (Å²) in [5, 5.41) is 1.08. The molecule has 20 heavy (non-hydrogen) atoms. The molecular formula is C15H12Cl2FNO. The molecule has 2 N–H and O–H groups in total. The van der Waals surface area contributed by atoms with Crippen molar-refractivity contribution >= 4 is 23.2 Å². The second-order valence-electron chi connectivity index (χ2n) is 4.80. The van der Waals surface area contributed by atoms with E-state index in [1.54, 1.807) is 18.2 Å². The maximum Gasteiger partial charge on any atom is 0.127 e. The summed E-state index contributed by atoms with van der Waals surface area (Å²) in [4.78, 5) is 0. The highest BCUT2D eigenvalue weighted by atomic mass is 35.5. The topological polar surface area (TPSA) is 35.2 Å². The van der Waals surface area contributed by atoms with Gasteiger partial charge in [-0.15, -0.1) is 0 Å². The SMILES string of the molecule is N[C@@H]1CC(c2ccc(Cl)cc2Cl)Oc2cc(F)ccc21. The van der Waals surface area contributed by atoms with E-state index in [0.717, 1.165) is 11.1 Å². The van der Waals surface area contributed by atoms with Crippen LogP contribution in [0.25, 0.3) is 0 Å². The molecule has 2 aromatic rings. The number of ether oxygens (including phenoxy) is 1. The summed E-state index contributed by atoms with van der Waals surface area (Å²) >= 11 is 12.1. The van der Waals surface area contributed by atoms with Crippen molar-refractivity contribution in [1.29, 1.82) is 0 Å². The van der Waals surface area contributed by atoms with E-state index in [2.05, 4.69) is 0 Å². The number of fused-ring (bicyclic) bond motifs is 1. The van der Waals surface area contributed by atoms with Crippen molar-refractivity contribution < 1.29 is 9.13 Å². The minimum absolute atomic E-state index is 0.212. The largest absolute Gasteiger partial charge is 0.485 e. The van der Waals surface area contributed by atoms with Crippen molar-refractivity contribution in [3.8, 4) is 5.75 Å². The molecule has 0 saturated carbocycles. The van der Waals surface area contributed by atoms with Gasteiger partial charge in [-0.25, -0.2) is 4.39 Å². The highest BCUT2D eigenvalue weighted by Crippen LogP contribution is 2.41. The summed E-state index contributed by atoms with van der Waals surface area (Å²) in [6.45, 7) is 0. The molecule has 0 aliphatic carbocycles. The molecule has 0 saturated heterocycles. The Kier molecular flexibility index (Phi) is 3.59. The van der Waals surface area contributed by atoms with Gasteiger partial charge in [-0.1, -0.05) is 35.3 Å². The smallest absolute Gasteiger partial charge is 0.127 e. The van der Waals surface area contributed by atoms with E-state index in [0.29, 0.717) is 22.2 Å². The molecule has 2 nitrogen and oxygen atoms in total.